The van der Waals surface area contributed by atoms with Crippen LogP contribution in [0.5, 0.6) is 0 Å². The van der Waals surface area contributed by atoms with Crippen LogP contribution in [0.1, 0.15) is 42.5 Å². The van der Waals surface area contributed by atoms with Gasteiger partial charge in [0.25, 0.3) is 0 Å². The lowest BCUT2D eigenvalue weighted by Gasteiger charge is -2.18. The molecule has 1 aromatic heterocycles. The lowest BCUT2D eigenvalue weighted by molar-refractivity contribution is 0.0929. The Hall–Kier alpha value is -2.59. The van der Waals surface area contributed by atoms with Gasteiger partial charge in [0.1, 0.15) is 5.58 Å². The van der Waals surface area contributed by atoms with Crippen LogP contribution in [0.15, 0.2) is 58.0 Å². The molecule has 128 valence electrons. The summed E-state index contributed by atoms with van der Waals surface area (Å²) in [5, 5.41) is 5.36. The van der Waals surface area contributed by atoms with Gasteiger partial charge >= 0.3 is 5.91 Å². The average molecular weight is 355 g/mol. The van der Waals surface area contributed by atoms with Crippen LogP contribution in [-0.4, -0.2) is 12.1 Å². The normalized spacial score (nSPS) is 12.0. The molecule has 0 spiro atoms. The molecule has 0 saturated heterocycles. The Morgan fingerprint density at radius 1 is 1.12 bits per heavy atom. The van der Waals surface area contributed by atoms with Gasteiger partial charge in [-0.25, -0.2) is 5.43 Å². The van der Waals surface area contributed by atoms with Crippen molar-refractivity contribution in [2.24, 2.45) is 5.10 Å². The van der Waals surface area contributed by atoms with E-state index in [9.17, 15) is 4.79 Å². The van der Waals surface area contributed by atoms with Gasteiger partial charge in [0.15, 0.2) is 5.76 Å². The van der Waals surface area contributed by atoms with Crippen molar-refractivity contribution in [1.29, 1.82) is 0 Å². The van der Waals surface area contributed by atoms with Crippen molar-refractivity contribution in [3.8, 4) is 0 Å². The van der Waals surface area contributed by atoms with Gasteiger partial charge in [0.2, 0.25) is 0 Å². The van der Waals surface area contributed by atoms with Crippen LogP contribution in [0.2, 0.25) is 5.02 Å². The number of carbonyl (C=O) groups is 1. The minimum atomic E-state index is -0.408. The van der Waals surface area contributed by atoms with Crippen molar-refractivity contribution in [2.45, 2.75) is 26.2 Å². The molecule has 5 heteroatoms. The van der Waals surface area contributed by atoms with Crippen molar-refractivity contribution < 1.29 is 9.21 Å². The molecular weight excluding hydrogens is 336 g/mol. The molecule has 0 radical (unpaired) electrons. The lowest BCUT2D eigenvalue weighted by atomic mass is 9.87. The Bertz CT molecular complexity index is 934. The number of furan rings is 1. The van der Waals surface area contributed by atoms with Crippen molar-refractivity contribution in [1.82, 2.24) is 5.43 Å². The number of amides is 1. The van der Waals surface area contributed by atoms with Gasteiger partial charge in [0.05, 0.1) is 6.21 Å². The number of hydrogen-bond acceptors (Lipinski definition) is 3. The topological polar surface area (TPSA) is 54.6 Å². The number of hydrazone groups is 1. The first-order chi connectivity index (χ1) is 11.8. The van der Waals surface area contributed by atoms with Crippen LogP contribution in [0.25, 0.3) is 11.0 Å². The molecule has 0 aliphatic rings. The second-order valence-corrected chi connectivity index (χ2v) is 7.30. The number of fused-ring (bicyclic) bond motifs is 1. The zero-order chi connectivity index (χ0) is 18.0. The van der Waals surface area contributed by atoms with E-state index in [1.807, 2.05) is 12.1 Å². The van der Waals surface area contributed by atoms with Gasteiger partial charge in [0, 0.05) is 10.4 Å². The quantitative estimate of drug-likeness (QED) is 0.522. The molecule has 0 atom stereocenters. The third-order valence-corrected chi connectivity index (χ3v) is 4.09. The highest BCUT2D eigenvalue weighted by Crippen LogP contribution is 2.23. The molecule has 1 N–H and O–H groups in total. The Balaban J connectivity index is 1.67. The smallest absolute Gasteiger partial charge is 0.307 e. The predicted octanol–water partition coefficient (Wildman–Crippen LogP) is 5.15. The first kappa shape index (κ1) is 17.2. The van der Waals surface area contributed by atoms with E-state index in [1.54, 1.807) is 30.5 Å². The summed E-state index contributed by atoms with van der Waals surface area (Å²) in [6, 6.07) is 14.9. The molecule has 1 heterocycles. The summed E-state index contributed by atoms with van der Waals surface area (Å²) in [4.78, 5) is 12.1. The standard InChI is InChI=1S/C20H19ClN2O2/c1-20(2,3)15-6-4-13(5-7-15)12-22-23-19(24)18-11-14-10-16(21)8-9-17(14)25-18/h4-12H,1-3H3,(H,23,24)/b22-12+. The summed E-state index contributed by atoms with van der Waals surface area (Å²) in [6.07, 6.45) is 1.60. The van der Waals surface area contributed by atoms with Crippen LogP contribution in [-0.2, 0) is 5.41 Å². The number of nitrogens with zero attached hydrogens (tertiary/aromatic N) is 1. The second kappa shape index (κ2) is 6.73. The summed E-state index contributed by atoms with van der Waals surface area (Å²) >= 11 is 5.93. The highest BCUT2D eigenvalue weighted by atomic mass is 35.5. The van der Waals surface area contributed by atoms with Crippen molar-refractivity contribution in [3.05, 3.63) is 70.4 Å². The first-order valence-electron chi connectivity index (χ1n) is 7.96. The summed E-state index contributed by atoms with van der Waals surface area (Å²) < 4.78 is 5.50. The third-order valence-electron chi connectivity index (χ3n) is 3.86. The number of halogens is 1. The van der Waals surface area contributed by atoms with Crippen LogP contribution in [0.3, 0.4) is 0 Å². The maximum absolute atomic E-state index is 12.1. The van der Waals surface area contributed by atoms with Crippen molar-refractivity contribution >= 4 is 34.7 Å². The monoisotopic (exact) mass is 354 g/mol. The molecule has 0 unspecified atom stereocenters. The highest BCUT2D eigenvalue weighted by Gasteiger charge is 2.13. The summed E-state index contributed by atoms with van der Waals surface area (Å²) in [6.45, 7) is 6.49. The Kier molecular flexibility index (Phi) is 4.64. The molecule has 4 nitrogen and oxygen atoms in total. The molecule has 0 fully saturated rings. The van der Waals surface area contributed by atoms with Gasteiger partial charge in [-0.05, 0) is 40.8 Å². The van der Waals surface area contributed by atoms with Gasteiger partial charge in [-0.15, -0.1) is 0 Å². The molecular formula is C20H19ClN2O2. The van der Waals surface area contributed by atoms with Gasteiger partial charge in [-0.2, -0.15) is 5.10 Å². The molecule has 2 aromatic carbocycles. The molecule has 3 aromatic rings. The minimum Gasteiger partial charge on any atom is -0.451 e. The van der Waals surface area contributed by atoms with E-state index in [4.69, 9.17) is 16.0 Å². The van der Waals surface area contributed by atoms with E-state index in [-0.39, 0.29) is 11.2 Å². The summed E-state index contributed by atoms with van der Waals surface area (Å²) in [5.41, 5.74) is 5.34. The Labute approximate surface area is 151 Å². The largest absolute Gasteiger partial charge is 0.451 e. The maximum Gasteiger partial charge on any atom is 0.307 e. The molecule has 0 aliphatic heterocycles. The summed E-state index contributed by atoms with van der Waals surface area (Å²) in [5.74, 6) is -0.215. The van der Waals surface area contributed by atoms with Crippen LogP contribution in [0.4, 0.5) is 0 Å². The van der Waals surface area contributed by atoms with Crippen LogP contribution in [0, 0.1) is 0 Å². The second-order valence-electron chi connectivity index (χ2n) is 6.86. The fraction of sp³-hybridized carbons (Fsp3) is 0.200. The fourth-order valence-corrected chi connectivity index (χ4v) is 2.60. The molecule has 25 heavy (non-hydrogen) atoms. The van der Waals surface area contributed by atoms with E-state index in [0.29, 0.717) is 10.6 Å². The SMILES string of the molecule is CC(C)(C)c1ccc(/C=N/NC(=O)c2cc3cc(Cl)ccc3o2)cc1. The lowest BCUT2D eigenvalue weighted by Crippen LogP contribution is -2.16. The number of nitrogens with one attached hydrogen (secondary N) is 1. The molecule has 3 rings (SSSR count). The zero-order valence-corrected chi connectivity index (χ0v) is 15.1. The van der Waals surface area contributed by atoms with Crippen molar-refractivity contribution in [3.63, 3.8) is 0 Å². The third kappa shape index (κ3) is 4.09. The molecule has 0 bridgehead atoms. The fourth-order valence-electron chi connectivity index (χ4n) is 2.42. The Morgan fingerprint density at radius 3 is 2.52 bits per heavy atom. The van der Waals surface area contributed by atoms with E-state index < -0.39 is 5.91 Å². The average Bonchev–Trinajstić information content (AvgIpc) is 2.97. The number of hydrogen-bond donors (Lipinski definition) is 1. The zero-order valence-electron chi connectivity index (χ0n) is 14.3. The van der Waals surface area contributed by atoms with Crippen LogP contribution < -0.4 is 5.43 Å². The molecule has 0 saturated carbocycles. The van der Waals surface area contributed by atoms with Gasteiger partial charge < -0.3 is 4.42 Å². The highest BCUT2D eigenvalue weighted by molar-refractivity contribution is 6.31. The molecule has 0 aliphatic carbocycles. The van der Waals surface area contributed by atoms with E-state index >= 15 is 0 Å². The minimum absolute atomic E-state index is 0.105. The van der Waals surface area contributed by atoms with Crippen LogP contribution >= 0.6 is 11.6 Å². The molecule has 1 amide bonds. The number of rotatable bonds is 3. The number of carbonyl (C=O) groups excluding carboxylic acids is 1. The predicted molar refractivity (Wildman–Crippen MR) is 101 cm³/mol. The van der Waals surface area contributed by atoms with E-state index in [0.717, 1.165) is 10.9 Å². The van der Waals surface area contributed by atoms with Crippen molar-refractivity contribution in [2.75, 3.05) is 0 Å². The summed E-state index contributed by atoms with van der Waals surface area (Å²) in [7, 11) is 0. The van der Waals surface area contributed by atoms with E-state index in [2.05, 4.69) is 43.4 Å². The van der Waals surface area contributed by atoms with Gasteiger partial charge in [-0.3, -0.25) is 4.79 Å². The van der Waals surface area contributed by atoms with Gasteiger partial charge in [-0.1, -0.05) is 56.6 Å². The maximum atomic E-state index is 12.1. The first-order valence-corrected chi connectivity index (χ1v) is 8.34. The number of benzene rings is 2. The Morgan fingerprint density at radius 2 is 1.84 bits per heavy atom. The van der Waals surface area contributed by atoms with E-state index in [1.165, 1.54) is 5.56 Å².